The highest BCUT2D eigenvalue weighted by atomic mass is 35.5. The third-order valence-electron chi connectivity index (χ3n) is 2.17. The summed E-state index contributed by atoms with van der Waals surface area (Å²) in [7, 11) is 0. The van der Waals surface area contributed by atoms with Crippen LogP contribution in [0, 0.1) is 0 Å². The van der Waals surface area contributed by atoms with Crippen LogP contribution in [-0.2, 0) is 16.0 Å². The molecule has 17 heavy (non-hydrogen) atoms. The van der Waals surface area contributed by atoms with Gasteiger partial charge in [-0.3, -0.25) is 4.79 Å². The van der Waals surface area contributed by atoms with Crippen LogP contribution in [0.15, 0.2) is 12.1 Å². The molecular formula is C11H14ClNO3S. The van der Waals surface area contributed by atoms with Crippen LogP contribution >= 0.6 is 22.9 Å². The van der Waals surface area contributed by atoms with Gasteiger partial charge in [0.1, 0.15) is 6.04 Å². The van der Waals surface area contributed by atoms with Crippen LogP contribution in [0.4, 0.5) is 0 Å². The Hall–Kier alpha value is -1.07. The second-order valence-electron chi connectivity index (χ2n) is 3.63. The lowest BCUT2D eigenvalue weighted by Crippen LogP contribution is -2.41. The lowest BCUT2D eigenvalue weighted by molar-refractivity contribution is -0.141. The van der Waals surface area contributed by atoms with Gasteiger partial charge in [-0.1, -0.05) is 24.9 Å². The predicted octanol–water partition coefficient (Wildman–Crippen LogP) is 2.31. The maximum Gasteiger partial charge on any atom is 0.326 e. The minimum atomic E-state index is -0.996. The molecule has 1 heterocycles. The molecule has 1 unspecified atom stereocenters. The van der Waals surface area contributed by atoms with E-state index >= 15 is 0 Å². The molecule has 0 aromatic carbocycles. The number of carbonyl (C=O) groups is 2. The number of rotatable bonds is 6. The molecule has 1 atom stereocenters. The lowest BCUT2D eigenvalue weighted by Gasteiger charge is -2.12. The molecule has 0 fully saturated rings. The maximum atomic E-state index is 11.6. The maximum absolute atomic E-state index is 11.6. The molecule has 0 spiro atoms. The number of carboxylic acids is 1. The molecule has 1 amide bonds. The van der Waals surface area contributed by atoms with Crippen molar-refractivity contribution in [1.82, 2.24) is 5.32 Å². The van der Waals surface area contributed by atoms with E-state index in [0.29, 0.717) is 17.2 Å². The summed E-state index contributed by atoms with van der Waals surface area (Å²) in [4.78, 5) is 23.3. The zero-order valence-corrected chi connectivity index (χ0v) is 11.0. The molecule has 4 nitrogen and oxygen atoms in total. The Morgan fingerprint density at radius 1 is 1.53 bits per heavy atom. The van der Waals surface area contributed by atoms with Crippen molar-refractivity contribution < 1.29 is 14.7 Å². The molecule has 1 rings (SSSR count). The molecule has 0 saturated carbocycles. The Balaban J connectivity index is 2.50. The first-order chi connectivity index (χ1) is 8.02. The molecule has 0 radical (unpaired) electrons. The standard InChI is InChI=1S/C11H14ClNO3S/c1-2-3-8(11(15)16)13-10(14)6-7-4-5-9(12)17-7/h4-5,8H,2-3,6H2,1H3,(H,13,14)(H,15,16). The normalized spacial score (nSPS) is 12.1. The number of halogens is 1. The smallest absolute Gasteiger partial charge is 0.326 e. The summed E-state index contributed by atoms with van der Waals surface area (Å²) in [5.74, 6) is -1.28. The van der Waals surface area contributed by atoms with Crippen LogP contribution in [0.25, 0.3) is 0 Å². The van der Waals surface area contributed by atoms with Crippen LogP contribution in [0.5, 0.6) is 0 Å². The zero-order valence-electron chi connectivity index (χ0n) is 9.40. The zero-order chi connectivity index (χ0) is 12.8. The van der Waals surface area contributed by atoms with Gasteiger partial charge in [0.05, 0.1) is 10.8 Å². The third kappa shape index (κ3) is 4.75. The fraction of sp³-hybridized carbons (Fsp3) is 0.455. The summed E-state index contributed by atoms with van der Waals surface area (Å²) in [5, 5.41) is 11.4. The van der Waals surface area contributed by atoms with Crippen molar-refractivity contribution in [3.63, 3.8) is 0 Å². The Morgan fingerprint density at radius 2 is 2.24 bits per heavy atom. The SMILES string of the molecule is CCCC(NC(=O)Cc1ccc(Cl)s1)C(=O)O. The Morgan fingerprint density at radius 3 is 2.71 bits per heavy atom. The van der Waals surface area contributed by atoms with E-state index in [2.05, 4.69) is 5.32 Å². The number of hydrogen-bond acceptors (Lipinski definition) is 3. The molecule has 6 heteroatoms. The number of thiophene rings is 1. The molecule has 1 aromatic heterocycles. The van der Waals surface area contributed by atoms with Gasteiger partial charge in [0.2, 0.25) is 5.91 Å². The summed E-state index contributed by atoms with van der Waals surface area (Å²) >= 11 is 7.06. The monoisotopic (exact) mass is 275 g/mol. The van der Waals surface area contributed by atoms with Gasteiger partial charge in [0.25, 0.3) is 0 Å². The number of nitrogens with one attached hydrogen (secondary N) is 1. The van der Waals surface area contributed by atoms with Gasteiger partial charge in [-0.2, -0.15) is 0 Å². The van der Waals surface area contributed by atoms with Crippen molar-refractivity contribution in [2.75, 3.05) is 0 Å². The van der Waals surface area contributed by atoms with Crippen LogP contribution in [0.3, 0.4) is 0 Å². The lowest BCUT2D eigenvalue weighted by atomic mass is 10.1. The quantitative estimate of drug-likeness (QED) is 0.837. The summed E-state index contributed by atoms with van der Waals surface area (Å²) in [6.07, 6.45) is 1.32. The Kier molecular flexibility index (Phi) is 5.44. The number of hydrogen-bond donors (Lipinski definition) is 2. The number of carboxylic acid groups (broad SMARTS) is 1. The van der Waals surface area contributed by atoms with E-state index in [0.717, 1.165) is 4.88 Å². The minimum absolute atomic E-state index is 0.172. The van der Waals surface area contributed by atoms with Crippen molar-refractivity contribution in [2.45, 2.75) is 32.2 Å². The van der Waals surface area contributed by atoms with E-state index in [9.17, 15) is 9.59 Å². The van der Waals surface area contributed by atoms with Crippen molar-refractivity contribution in [2.24, 2.45) is 0 Å². The van der Waals surface area contributed by atoms with Crippen LogP contribution in [-0.4, -0.2) is 23.0 Å². The van der Waals surface area contributed by atoms with Crippen LogP contribution in [0.2, 0.25) is 4.34 Å². The highest BCUT2D eigenvalue weighted by molar-refractivity contribution is 7.16. The first-order valence-corrected chi connectivity index (χ1v) is 6.48. The second kappa shape index (κ2) is 6.61. The van der Waals surface area contributed by atoms with Gasteiger partial charge < -0.3 is 10.4 Å². The van der Waals surface area contributed by atoms with Gasteiger partial charge in [0, 0.05) is 4.88 Å². The van der Waals surface area contributed by atoms with Crippen molar-refractivity contribution >= 4 is 34.8 Å². The molecule has 94 valence electrons. The number of aliphatic carboxylic acids is 1. The van der Waals surface area contributed by atoms with Crippen molar-refractivity contribution in [3.05, 3.63) is 21.3 Å². The molecular weight excluding hydrogens is 262 g/mol. The Bertz CT molecular complexity index is 405. The number of amides is 1. The fourth-order valence-corrected chi connectivity index (χ4v) is 2.48. The average Bonchev–Trinajstić information content (AvgIpc) is 2.63. The summed E-state index contributed by atoms with van der Waals surface area (Å²) in [6, 6.07) is 2.68. The van der Waals surface area contributed by atoms with Gasteiger partial charge in [-0.25, -0.2) is 4.79 Å². The molecule has 0 aliphatic rings. The highest BCUT2D eigenvalue weighted by Gasteiger charge is 2.18. The molecule has 2 N–H and O–H groups in total. The average molecular weight is 276 g/mol. The largest absolute Gasteiger partial charge is 0.480 e. The molecule has 0 aliphatic heterocycles. The van der Waals surface area contributed by atoms with Crippen molar-refractivity contribution in [3.8, 4) is 0 Å². The summed E-state index contributed by atoms with van der Waals surface area (Å²) < 4.78 is 0.621. The van der Waals surface area contributed by atoms with Gasteiger partial charge in [-0.05, 0) is 18.6 Å². The first-order valence-electron chi connectivity index (χ1n) is 5.29. The van der Waals surface area contributed by atoms with E-state index in [1.807, 2.05) is 6.92 Å². The predicted molar refractivity (Wildman–Crippen MR) is 67.5 cm³/mol. The summed E-state index contributed by atoms with van der Waals surface area (Å²) in [5.41, 5.74) is 0. The molecule has 1 aromatic rings. The van der Waals surface area contributed by atoms with Gasteiger partial charge >= 0.3 is 5.97 Å². The van der Waals surface area contributed by atoms with E-state index < -0.39 is 12.0 Å². The number of carbonyl (C=O) groups excluding carboxylic acids is 1. The van der Waals surface area contributed by atoms with E-state index in [-0.39, 0.29) is 12.3 Å². The Labute approximate surface area is 109 Å². The van der Waals surface area contributed by atoms with Gasteiger partial charge in [-0.15, -0.1) is 11.3 Å². The molecule has 0 saturated heterocycles. The van der Waals surface area contributed by atoms with Gasteiger partial charge in [0.15, 0.2) is 0 Å². The summed E-state index contributed by atoms with van der Waals surface area (Å²) in [6.45, 7) is 1.88. The van der Waals surface area contributed by atoms with E-state index in [4.69, 9.17) is 16.7 Å². The molecule has 0 bridgehead atoms. The fourth-order valence-electron chi connectivity index (χ4n) is 1.40. The minimum Gasteiger partial charge on any atom is -0.480 e. The van der Waals surface area contributed by atoms with Crippen LogP contribution < -0.4 is 5.32 Å². The third-order valence-corrected chi connectivity index (χ3v) is 3.41. The van der Waals surface area contributed by atoms with E-state index in [1.165, 1.54) is 11.3 Å². The van der Waals surface area contributed by atoms with Crippen molar-refractivity contribution in [1.29, 1.82) is 0 Å². The van der Waals surface area contributed by atoms with E-state index in [1.54, 1.807) is 12.1 Å². The van der Waals surface area contributed by atoms with Crippen LogP contribution in [0.1, 0.15) is 24.6 Å². The highest BCUT2D eigenvalue weighted by Crippen LogP contribution is 2.21. The topological polar surface area (TPSA) is 66.4 Å². The second-order valence-corrected chi connectivity index (χ2v) is 5.43. The first kappa shape index (κ1) is 14.0. The molecule has 0 aliphatic carbocycles.